The number of hydrogen-bond acceptors (Lipinski definition) is 4. The third-order valence-electron chi connectivity index (χ3n) is 2.25. The van der Waals surface area contributed by atoms with Crippen molar-refractivity contribution in [1.82, 2.24) is 0 Å². The van der Waals surface area contributed by atoms with E-state index in [0.29, 0.717) is 6.07 Å². The number of aromatic carboxylic acids is 1. The molecule has 6 nitrogen and oxygen atoms in total. The number of benzene rings is 1. The Morgan fingerprint density at radius 2 is 2.28 bits per heavy atom. The van der Waals surface area contributed by atoms with E-state index in [1.807, 2.05) is 0 Å². The van der Waals surface area contributed by atoms with Crippen molar-refractivity contribution in [3.8, 4) is 0 Å². The van der Waals surface area contributed by atoms with Crippen LogP contribution in [-0.2, 0) is 0 Å². The lowest BCUT2D eigenvalue weighted by Crippen LogP contribution is -2.14. The maximum absolute atomic E-state index is 13.3. The maximum Gasteiger partial charge on any atom is 0.338 e. The van der Waals surface area contributed by atoms with Gasteiger partial charge in [-0.25, -0.2) is 9.18 Å². The number of carboxylic acid groups (broad SMARTS) is 1. The number of nitrogens with zero attached hydrogens (tertiary/aromatic N) is 1. The summed E-state index contributed by atoms with van der Waals surface area (Å²) in [6, 6.07) is 1.16. The summed E-state index contributed by atoms with van der Waals surface area (Å²) in [4.78, 5) is 20.7. The van der Waals surface area contributed by atoms with Gasteiger partial charge in [0.25, 0.3) is 5.69 Å². The van der Waals surface area contributed by atoms with Gasteiger partial charge in [0, 0.05) is 6.04 Å². The van der Waals surface area contributed by atoms with E-state index in [2.05, 4.69) is 11.9 Å². The molecule has 0 bridgehead atoms. The molecule has 2 N–H and O–H groups in total. The maximum atomic E-state index is 13.3. The molecule has 0 aliphatic rings. The van der Waals surface area contributed by atoms with E-state index in [1.54, 1.807) is 6.92 Å². The van der Waals surface area contributed by atoms with Crippen LogP contribution in [0.4, 0.5) is 15.8 Å². The normalized spacial score (nSPS) is 11.7. The quantitative estimate of drug-likeness (QED) is 0.478. The SMILES string of the molecule is C=CC(C)Nc1cc(C(=O)O)c(F)cc1[N+](=O)[O-]. The molecule has 0 saturated carbocycles. The zero-order chi connectivity index (χ0) is 13.9. The summed E-state index contributed by atoms with van der Waals surface area (Å²) in [6.07, 6.45) is 1.48. The largest absolute Gasteiger partial charge is 0.478 e. The van der Waals surface area contributed by atoms with E-state index < -0.39 is 28.0 Å². The van der Waals surface area contributed by atoms with Gasteiger partial charge >= 0.3 is 5.97 Å². The minimum Gasteiger partial charge on any atom is -0.478 e. The highest BCUT2D eigenvalue weighted by atomic mass is 19.1. The molecule has 0 aliphatic carbocycles. The van der Waals surface area contributed by atoms with Crippen LogP contribution in [0.15, 0.2) is 24.8 Å². The standard InChI is InChI=1S/C11H11FN2O4/c1-3-6(2)13-9-4-7(11(15)16)8(12)5-10(9)14(17)18/h3-6,13H,1H2,2H3,(H,15,16). The van der Waals surface area contributed by atoms with Gasteiger partial charge < -0.3 is 10.4 Å². The lowest BCUT2D eigenvalue weighted by atomic mass is 10.1. The van der Waals surface area contributed by atoms with Crippen LogP contribution < -0.4 is 5.32 Å². The van der Waals surface area contributed by atoms with Gasteiger partial charge in [0.1, 0.15) is 11.5 Å². The zero-order valence-electron chi connectivity index (χ0n) is 9.51. The average molecular weight is 254 g/mol. The lowest BCUT2D eigenvalue weighted by molar-refractivity contribution is -0.384. The van der Waals surface area contributed by atoms with Crippen molar-refractivity contribution in [2.45, 2.75) is 13.0 Å². The van der Waals surface area contributed by atoms with Gasteiger partial charge in [0.05, 0.1) is 16.6 Å². The fourth-order valence-electron chi connectivity index (χ4n) is 1.30. The molecule has 1 aromatic carbocycles. The molecule has 0 heterocycles. The Labute approximate surface area is 102 Å². The third kappa shape index (κ3) is 2.82. The van der Waals surface area contributed by atoms with Crippen LogP contribution in [0.2, 0.25) is 0 Å². The van der Waals surface area contributed by atoms with Crippen molar-refractivity contribution in [3.05, 3.63) is 46.3 Å². The summed E-state index contributed by atoms with van der Waals surface area (Å²) >= 11 is 0. The van der Waals surface area contributed by atoms with E-state index in [0.717, 1.165) is 6.07 Å². The molecule has 1 aromatic rings. The number of halogens is 1. The first kappa shape index (κ1) is 13.6. The highest BCUT2D eigenvalue weighted by molar-refractivity contribution is 5.90. The molecule has 1 unspecified atom stereocenters. The van der Waals surface area contributed by atoms with Crippen molar-refractivity contribution in [2.24, 2.45) is 0 Å². The van der Waals surface area contributed by atoms with Crippen LogP contribution in [0.1, 0.15) is 17.3 Å². The molecule has 1 rings (SSSR count). The smallest absolute Gasteiger partial charge is 0.338 e. The van der Waals surface area contributed by atoms with Crippen molar-refractivity contribution in [3.63, 3.8) is 0 Å². The van der Waals surface area contributed by atoms with Gasteiger partial charge in [-0.15, -0.1) is 6.58 Å². The Bertz CT molecular complexity index is 516. The van der Waals surface area contributed by atoms with Gasteiger partial charge in [-0.1, -0.05) is 6.08 Å². The Morgan fingerprint density at radius 3 is 2.72 bits per heavy atom. The Balaban J connectivity index is 3.34. The van der Waals surface area contributed by atoms with Gasteiger partial charge in [-0.3, -0.25) is 10.1 Å². The molecule has 1 atom stereocenters. The zero-order valence-corrected chi connectivity index (χ0v) is 9.51. The monoisotopic (exact) mass is 254 g/mol. The first-order valence-corrected chi connectivity index (χ1v) is 4.97. The van der Waals surface area contributed by atoms with Gasteiger partial charge in [0.15, 0.2) is 0 Å². The third-order valence-corrected chi connectivity index (χ3v) is 2.25. The van der Waals surface area contributed by atoms with Crippen LogP contribution in [0, 0.1) is 15.9 Å². The summed E-state index contributed by atoms with van der Waals surface area (Å²) in [7, 11) is 0. The van der Waals surface area contributed by atoms with Crippen molar-refractivity contribution in [2.75, 3.05) is 5.32 Å². The summed E-state index contributed by atoms with van der Waals surface area (Å²) in [5.74, 6) is -2.64. The molecule has 0 amide bonds. The number of nitrogens with one attached hydrogen (secondary N) is 1. The molecule has 96 valence electrons. The number of rotatable bonds is 5. The Kier molecular flexibility index (Phi) is 3.98. The van der Waals surface area contributed by atoms with Crippen LogP contribution in [0.5, 0.6) is 0 Å². The summed E-state index contributed by atoms with van der Waals surface area (Å²) in [6.45, 7) is 5.15. The minimum absolute atomic E-state index is 0.0637. The lowest BCUT2D eigenvalue weighted by Gasteiger charge is -2.12. The Hall–Kier alpha value is -2.44. The van der Waals surface area contributed by atoms with E-state index >= 15 is 0 Å². The molecule has 18 heavy (non-hydrogen) atoms. The topological polar surface area (TPSA) is 92.5 Å². The number of anilines is 1. The molecule has 0 spiro atoms. The molecule has 0 fully saturated rings. The van der Waals surface area contributed by atoms with E-state index in [9.17, 15) is 19.3 Å². The van der Waals surface area contributed by atoms with Crippen LogP contribution in [0.25, 0.3) is 0 Å². The minimum atomic E-state index is -1.49. The molecular weight excluding hydrogens is 243 g/mol. The number of nitro benzene ring substituents is 1. The number of carboxylic acids is 1. The van der Waals surface area contributed by atoms with E-state index in [4.69, 9.17) is 5.11 Å². The first-order valence-electron chi connectivity index (χ1n) is 4.97. The van der Waals surface area contributed by atoms with Crippen molar-refractivity contribution >= 4 is 17.3 Å². The summed E-state index contributed by atoms with van der Waals surface area (Å²) in [5.41, 5.74) is -1.21. The second-order valence-electron chi connectivity index (χ2n) is 3.58. The van der Waals surface area contributed by atoms with Crippen molar-refractivity contribution in [1.29, 1.82) is 0 Å². The predicted octanol–water partition coefficient (Wildman–Crippen LogP) is 2.42. The highest BCUT2D eigenvalue weighted by Gasteiger charge is 2.22. The molecule has 0 radical (unpaired) electrons. The van der Waals surface area contributed by atoms with Crippen LogP contribution >= 0.6 is 0 Å². The first-order chi connectivity index (χ1) is 8.36. The molecule has 0 aromatic heterocycles. The molecule has 0 saturated heterocycles. The fraction of sp³-hybridized carbons (Fsp3) is 0.182. The molecular formula is C11H11FN2O4. The number of hydrogen-bond donors (Lipinski definition) is 2. The van der Waals surface area contributed by atoms with E-state index in [-0.39, 0.29) is 11.7 Å². The highest BCUT2D eigenvalue weighted by Crippen LogP contribution is 2.28. The van der Waals surface area contributed by atoms with Gasteiger partial charge in [-0.05, 0) is 13.0 Å². The Morgan fingerprint density at radius 1 is 1.67 bits per heavy atom. The van der Waals surface area contributed by atoms with Gasteiger partial charge in [-0.2, -0.15) is 0 Å². The van der Waals surface area contributed by atoms with Gasteiger partial charge in [0.2, 0.25) is 0 Å². The summed E-state index contributed by atoms with van der Waals surface area (Å²) in [5, 5.41) is 22.2. The number of nitro groups is 1. The van der Waals surface area contributed by atoms with Crippen molar-refractivity contribution < 1.29 is 19.2 Å². The molecule has 0 aliphatic heterocycles. The molecule has 7 heteroatoms. The van der Waals surface area contributed by atoms with E-state index in [1.165, 1.54) is 6.08 Å². The van der Waals surface area contributed by atoms with Crippen LogP contribution in [0.3, 0.4) is 0 Å². The number of carbonyl (C=O) groups is 1. The predicted molar refractivity (Wildman–Crippen MR) is 63.3 cm³/mol. The second kappa shape index (κ2) is 5.26. The summed E-state index contributed by atoms with van der Waals surface area (Å²) < 4.78 is 13.3. The second-order valence-corrected chi connectivity index (χ2v) is 3.58. The van der Waals surface area contributed by atoms with Crippen LogP contribution in [-0.4, -0.2) is 22.0 Å². The fourth-order valence-corrected chi connectivity index (χ4v) is 1.30. The average Bonchev–Trinajstić information content (AvgIpc) is 2.29.